The number of unbranched alkanes of at least 4 members (excludes halogenated alkanes) is 15. The van der Waals surface area contributed by atoms with Crippen LogP contribution in [0.5, 0.6) is 0 Å². The number of carbonyl (C=O) groups is 2. The van der Waals surface area contributed by atoms with Gasteiger partial charge in [0, 0.05) is 12.8 Å². The van der Waals surface area contributed by atoms with Gasteiger partial charge in [0.25, 0.3) is 0 Å². The first-order chi connectivity index (χ1) is 16.8. The summed E-state index contributed by atoms with van der Waals surface area (Å²) in [5.74, 6) is -0.909. The summed E-state index contributed by atoms with van der Waals surface area (Å²) < 4.78 is 25.8. The van der Waals surface area contributed by atoms with Crippen molar-refractivity contribution in [3.63, 3.8) is 0 Å². The zero-order chi connectivity index (χ0) is 26.2. The molecule has 0 aromatic carbocycles. The number of phosphoric acid groups is 1. The zero-order valence-electron chi connectivity index (χ0n) is 22.2. The molecule has 0 saturated carbocycles. The summed E-state index contributed by atoms with van der Waals surface area (Å²) in [4.78, 5) is 41.7. The Morgan fingerprint density at radius 1 is 0.629 bits per heavy atom. The molecular weight excluding hydrogens is 471 g/mol. The summed E-state index contributed by atoms with van der Waals surface area (Å²) in [6.45, 7) is 3.46. The third-order valence-electron chi connectivity index (χ3n) is 5.88. The van der Waals surface area contributed by atoms with Gasteiger partial charge in [0.1, 0.15) is 6.61 Å². The molecule has 2 N–H and O–H groups in total. The van der Waals surface area contributed by atoms with Gasteiger partial charge in [0.15, 0.2) is 6.10 Å². The second-order valence-electron chi connectivity index (χ2n) is 9.38. The van der Waals surface area contributed by atoms with Crippen LogP contribution >= 0.6 is 7.82 Å². The lowest BCUT2D eigenvalue weighted by Crippen LogP contribution is -2.29. The van der Waals surface area contributed by atoms with Gasteiger partial charge in [0.05, 0.1) is 6.61 Å². The van der Waals surface area contributed by atoms with Gasteiger partial charge in [-0.1, -0.05) is 110 Å². The van der Waals surface area contributed by atoms with Gasteiger partial charge in [-0.3, -0.25) is 14.1 Å². The predicted molar refractivity (Wildman–Crippen MR) is 138 cm³/mol. The summed E-state index contributed by atoms with van der Waals surface area (Å²) in [5.41, 5.74) is 0. The van der Waals surface area contributed by atoms with Crippen LogP contribution < -0.4 is 0 Å². The summed E-state index contributed by atoms with van der Waals surface area (Å²) in [6.07, 6.45) is 19.1. The van der Waals surface area contributed by atoms with Crippen LogP contribution in [-0.2, 0) is 28.2 Å². The van der Waals surface area contributed by atoms with Crippen LogP contribution in [0, 0.1) is 0 Å². The third kappa shape index (κ3) is 25.9. The molecule has 0 heterocycles. The molecule has 0 rings (SSSR count). The molecule has 0 aliphatic carbocycles. The number of hydrogen-bond donors (Lipinski definition) is 2. The van der Waals surface area contributed by atoms with Crippen molar-refractivity contribution in [1.82, 2.24) is 0 Å². The molecule has 208 valence electrons. The highest BCUT2D eigenvalue weighted by molar-refractivity contribution is 7.46. The highest BCUT2D eigenvalue weighted by Crippen LogP contribution is 2.35. The lowest BCUT2D eigenvalue weighted by atomic mass is 10.0. The molecule has 1 unspecified atom stereocenters. The second kappa shape index (κ2) is 23.4. The Hall–Kier alpha value is -0.950. The normalized spacial score (nSPS) is 12.5. The summed E-state index contributed by atoms with van der Waals surface area (Å²) >= 11 is 0. The second-order valence-corrected chi connectivity index (χ2v) is 10.6. The molecule has 8 nitrogen and oxygen atoms in total. The van der Waals surface area contributed by atoms with Crippen molar-refractivity contribution >= 4 is 19.8 Å². The van der Waals surface area contributed by atoms with E-state index in [9.17, 15) is 14.2 Å². The van der Waals surface area contributed by atoms with E-state index in [1.165, 1.54) is 64.2 Å². The van der Waals surface area contributed by atoms with Crippen molar-refractivity contribution in [3.8, 4) is 0 Å². The van der Waals surface area contributed by atoms with Gasteiger partial charge in [-0.15, -0.1) is 0 Å². The van der Waals surface area contributed by atoms with E-state index in [0.717, 1.165) is 32.1 Å². The Morgan fingerprint density at radius 2 is 1.03 bits per heavy atom. The average molecular weight is 523 g/mol. The Morgan fingerprint density at radius 3 is 1.51 bits per heavy atom. The van der Waals surface area contributed by atoms with Gasteiger partial charge in [-0.2, -0.15) is 0 Å². The van der Waals surface area contributed by atoms with E-state index < -0.39 is 32.5 Å². The van der Waals surface area contributed by atoms with Gasteiger partial charge >= 0.3 is 19.8 Å². The molecule has 0 aliphatic heterocycles. The maximum Gasteiger partial charge on any atom is 0.469 e. The zero-order valence-corrected chi connectivity index (χ0v) is 23.1. The van der Waals surface area contributed by atoms with Gasteiger partial charge in [-0.25, -0.2) is 4.57 Å². The number of hydrogen-bond acceptors (Lipinski definition) is 6. The average Bonchev–Trinajstić information content (AvgIpc) is 2.80. The van der Waals surface area contributed by atoms with Crippen molar-refractivity contribution in [3.05, 3.63) is 0 Å². The molecule has 0 saturated heterocycles. The molecule has 35 heavy (non-hydrogen) atoms. The minimum absolute atomic E-state index is 0.217. The Bertz CT molecular complexity index is 564. The van der Waals surface area contributed by atoms with E-state index in [1.807, 2.05) is 6.92 Å². The monoisotopic (exact) mass is 522 g/mol. The van der Waals surface area contributed by atoms with Crippen LogP contribution in [0.4, 0.5) is 0 Å². The quantitative estimate of drug-likeness (QED) is 0.0747. The number of phosphoric ester groups is 1. The SMILES string of the molecule is CCCCCCCCCCCCCCCCC(=O)OC(COC(=O)CCCCC)COP(=O)(O)O. The lowest BCUT2D eigenvalue weighted by molar-refractivity contribution is -0.161. The van der Waals surface area contributed by atoms with Crippen molar-refractivity contribution in [2.24, 2.45) is 0 Å². The first-order valence-electron chi connectivity index (χ1n) is 13.8. The molecule has 0 spiro atoms. The van der Waals surface area contributed by atoms with E-state index in [4.69, 9.17) is 19.3 Å². The predicted octanol–water partition coefficient (Wildman–Crippen LogP) is 7.00. The molecule has 0 aromatic heterocycles. The van der Waals surface area contributed by atoms with E-state index in [-0.39, 0.29) is 19.4 Å². The maximum absolute atomic E-state index is 12.1. The Labute approximate surface area is 213 Å². The third-order valence-corrected chi connectivity index (χ3v) is 6.36. The summed E-state index contributed by atoms with van der Waals surface area (Å²) in [7, 11) is -4.72. The molecule has 0 aliphatic rings. The number of ether oxygens (including phenoxy) is 2. The number of carbonyl (C=O) groups excluding carboxylic acids is 2. The van der Waals surface area contributed by atoms with Crippen LogP contribution in [-0.4, -0.2) is 41.0 Å². The van der Waals surface area contributed by atoms with Crippen LogP contribution in [0.15, 0.2) is 0 Å². The Balaban J connectivity index is 3.91. The molecule has 1 atom stereocenters. The smallest absolute Gasteiger partial charge is 0.462 e. The van der Waals surface area contributed by atoms with E-state index in [1.54, 1.807) is 0 Å². The molecule has 0 aromatic rings. The summed E-state index contributed by atoms with van der Waals surface area (Å²) in [5, 5.41) is 0. The molecular formula is C26H51O8P. The fraction of sp³-hybridized carbons (Fsp3) is 0.923. The number of esters is 2. The molecule has 0 bridgehead atoms. The Kier molecular flexibility index (Phi) is 22.8. The highest BCUT2D eigenvalue weighted by Gasteiger charge is 2.22. The molecule has 0 radical (unpaired) electrons. The van der Waals surface area contributed by atoms with Gasteiger partial charge in [-0.05, 0) is 12.8 Å². The van der Waals surface area contributed by atoms with Crippen molar-refractivity contribution in [2.75, 3.05) is 13.2 Å². The van der Waals surface area contributed by atoms with Crippen molar-refractivity contribution in [2.45, 2.75) is 142 Å². The van der Waals surface area contributed by atoms with E-state index in [0.29, 0.717) is 12.8 Å². The molecule has 0 amide bonds. The van der Waals surface area contributed by atoms with Gasteiger partial charge < -0.3 is 19.3 Å². The highest BCUT2D eigenvalue weighted by atomic mass is 31.2. The van der Waals surface area contributed by atoms with Crippen molar-refractivity contribution < 1.29 is 37.9 Å². The number of rotatable bonds is 25. The maximum atomic E-state index is 12.1. The molecule has 9 heteroatoms. The first kappa shape index (κ1) is 34.0. The first-order valence-corrected chi connectivity index (χ1v) is 15.4. The van der Waals surface area contributed by atoms with Gasteiger partial charge in [0.2, 0.25) is 0 Å². The minimum atomic E-state index is -4.72. The largest absolute Gasteiger partial charge is 0.469 e. The standard InChI is InChI=1S/C26H51O8P/c1-3-5-7-8-9-10-11-12-13-14-15-16-17-19-21-26(28)34-24(23-33-35(29,30)31)22-32-25(27)20-18-6-4-2/h24H,3-23H2,1-2H3,(H2,29,30,31). The fourth-order valence-corrected chi connectivity index (χ4v) is 4.14. The van der Waals surface area contributed by atoms with E-state index in [2.05, 4.69) is 11.4 Å². The minimum Gasteiger partial charge on any atom is -0.462 e. The van der Waals surface area contributed by atoms with Crippen LogP contribution in [0.2, 0.25) is 0 Å². The fourth-order valence-electron chi connectivity index (χ4n) is 3.78. The van der Waals surface area contributed by atoms with Crippen LogP contribution in [0.25, 0.3) is 0 Å². The lowest BCUT2D eigenvalue weighted by Gasteiger charge is -2.18. The van der Waals surface area contributed by atoms with Crippen LogP contribution in [0.1, 0.15) is 136 Å². The van der Waals surface area contributed by atoms with Crippen molar-refractivity contribution in [1.29, 1.82) is 0 Å². The molecule has 0 fully saturated rings. The van der Waals surface area contributed by atoms with E-state index >= 15 is 0 Å². The summed E-state index contributed by atoms with van der Waals surface area (Å²) in [6, 6.07) is 0. The van der Waals surface area contributed by atoms with Crippen LogP contribution in [0.3, 0.4) is 0 Å². The topological polar surface area (TPSA) is 119 Å².